The lowest BCUT2D eigenvalue weighted by Crippen LogP contribution is -2.36. The van der Waals surface area contributed by atoms with Gasteiger partial charge in [0.1, 0.15) is 5.75 Å². The van der Waals surface area contributed by atoms with Crippen LogP contribution in [0.5, 0.6) is 5.75 Å². The van der Waals surface area contributed by atoms with Crippen LogP contribution in [0.4, 0.5) is 18.9 Å². The van der Waals surface area contributed by atoms with Crippen LogP contribution in [0.25, 0.3) is 0 Å². The van der Waals surface area contributed by atoms with Crippen LogP contribution in [0, 0.1) is 5.92 Å². The fraction of sp³-hybridized carbons (Fsp3) is 0.444. The molecule has 1 unspecified atom stereocenters. The third kappa shape index (κ3) is 4.27. The van der Waals surface area contributed by atoms with Crippen molar-refractivity contribution in [1.82, 2.24) is 9.97 Å². The molecule has 1 atom stereocenters. The van der Waals surface area contributed by atoms with Gasteiger partial charge < -0.3 is 14.7 Å². The highest BCUT2D eigenvalue weighted by Crippen LogP contribution is 2.38. The number of aliphatic hydroxyl groups excluding tert-OH is 1. The zero-order valence-corrected chi connectivity index (χ0v) is 15.3. The third-order valence-corrected chi connectivity index (χ3v) is 5.08. The smallest absolute Gasteiger partial charge is 0.434 e. The minimum Gasteiger partial charge on any atom is -0.496 e. The van der Waals surface area contributed by atoms with Crippen molar-refractivity contribution in [2.45, 2.75) is 25.1 Å². The Morgan fingerprint density at radius 2 is 2.00 bits per heavy atom. The normalized spacial score (nSPS) is 17.0. The first kappa shape index (κ1) is 19.7. The number of halogens is 4. The molecule has 2 aromatic rings. The second-order valence-electron chi connectivity index (χ2n) is 6.41. The molecule has 0 radical (unpaired) electrons. The number of aromatic nitrogens is 2. The van der Waals surface area contributed by atoms with E-state index in [4.69, 9.17) is 16.3 Å². The Kier molecular flexibility index (Phi) is 5.76. The molecular weight excluding hydrogens is 383 g/mol. The van der Waals surface area contributed by atoms with Crippen LogP contribution < -0.4 is 9.64 Å². The van der Waals surface area contributed by atoms with Crippen molar-refractivity contribution < 1.29 is 23.0 Å². The van der Waals surface area contributed by atoms with Gasteiger partial charge in [0.05, 0.1) is 30.1 Å². The van der Waals surface area contributed by atoms with Gasteiger partial charge in [0.25, 0.3) is 0 Å². The number of pyridine rings is 2. The fourth-order valence-electron chi connectivity index (χ4n) is 3.34. The van der Waals surface area contributed by atoms with E-state index in [0.717, 1.165) is 0 Å². The maximum atomic E-state index is 12.8. The molecule has 3 rings (SSSR count). The summed E-state index contributed by atoms with van der Waals surface area (Å²) in [5, 5.41) is 10.3. The number of alkyl halides is 3. The highest BCUT2D eigenvalue weighted by Gasteiger charge is 2.36. The molecule has 146 valence electrons. The molecule has 27 heavy (non-hydrogen) atoms. The van der Waals surface area contributed by atoms with Crippen molar-refractivity contribution in [2.24, 2.45) is 5.92 Å². The first-order valence-corrected chi connectivity index (χ1v) is 8.82. The highest BCUT2D eigenvalue weighted by atomic mass is 35.5. The van der Waals surface area contributed by atoms with Crippen molar-refractivity contribution in [3.05, 3.63) is 47.0 Å². The van der Waals surface area contributed by atoms with Crippen molar-refractivity contribution >= 4 is 17.3 Å². The van der Waals surface area contributed by atoms with Gasteiger partial charge in [-0.2, -0.15) is 13.2 Å². The molecule has 1 N–H and O–H groups in total. The molecule has 3 heterocycles. The van der Waals surface area contributed by atoms with Crippen molar-refractivity contribution in [1.29, 1.82) is 0 Å². The zero-order valence-electron chi connectivity index (χ0n) is 14.6. The average molecular weight is 402 g/mol. The Morgan fingerprint density at radius 3 is 2.59 bits per heavy atom. The molecule has 1 aliphatic rings. The van der Waals surface area contributed by atoms with E-state index < -0.39 is 23.0 Å². The summed E-state index contributed by atoms with van der Waals surface area (Å²) < 4.78 is 43.6. The van der Waals surface area contributed by atoms with Gasteiger partial charge in [0, 0.05) is 31.0 Å². The van der Waals surface area contributed by atoms with Crippen LogP contribution in [0.15, 0.2) is 30.7 Å². The summed E-state index contributed by atoms with van der Waals surface area (Å²) in [6.45, 7) is 1.15. The summed E-state index contributed by atoms with van der Waals surface area (Å²) >= 11 is 5.76. The number of ether oxygens (including phenoxy) is 1. The Balaban J connectivity index is 1.68. The fourth-order valence-corrected chi connectivity index (χ4v) is 3.61. The molecule has 1 fully saturated rings. The SMILES string of the molecule is COc1ccncc1C(O)C1CCN(c2cnc(C(F)(F)F)c(Cl)c2)CC1. The molecule has 0 aromatic carbocycles. The molecule has 2 aromatic heterocycles. The molecule has 0 amide bonds. The van der Waals surface area contributed by atoms with Crippen LogP contribution in [-0.4, -0.2) is 35.3 Å². The molecule has 0 bridgehead atoms. The van der Waals surface area contributed by atoms with E-state index in [1.807, 2.05) is 4.90 Å². The van der Waals surface area contributed by atoms with Gasteiger partial charge in [-0.15, -0.1) is 0 Å². The lowest BCUT2D eigenvalue weighted by Gasteiger charge is -2.35. The number of piperidine rings is 1. The molecule has 9 heteroatoms. The first-order chi connectivity index (χ1) is 12.8. The second-order valence-corrected chi connectivity index (χ2v) is 6.82. The molecule has 0 aliphatic carbocycles. The van der Waals surface area contributed by atoms with Gasteiger partial charge >= 0.3 is 6.18 Å². The number of anilines is 1. The van der Waals surface area contributed by atoms with Gasteiger partial charge in [-0.1, -0.05) is 11.6 Å². The van der Waals surface area contributed by atoms with E-state index in [9.17, 15) is 18.3 Å². The summed E-state index contributed by atoms with van der Waals surface area (Å²) in [6, 6.07) is 2.99. The molecule has 1 aliphatic heterocycles. The number of rotatable bonds is 4. The zero-order chi connectivity index (χ0) is 19.6. The third-order valence-electron chi connectivity index (χ3n) is 4.80. The van der Waals surface area contributed by atoms with E-state index in [0.29, 0.717) is 42.9 Å². The van der Waals surface area contributed by atoms with E-state index in [1.54, 1.807) is 18.5 Å². The topological polar surface area (TPSA) is 58.5 Å². The van der Waals surface area contributed by atoms with Gasteiger partial charge in [0.15, 0.2) is 5.69 Å². The van der Waals surface area contributed by atoms with Crippen molar-refractivity contribution in [2.75, 3.05) is 25.1 Å². The minimum absolute atomic E-state index is 0.00257. The molecule has 0 saturated carbocycles. The Hall–Kier alpha value is -2.06. The number of methoxy groups -OCH3 is 1. The molecule has 0 spiro atoms. The molecular formula is C18H19ClF3N3O2. The maximum absolute atomic E-state index is 12.8. The summed E-state index contributed by atoms with van der Waals surface area (Å²) in [5.41, 5.74) is 0.0967. The molecule has 5 nitrogen and oxygen atoms in total. The summed E-state index contributed by atoms with van der Waals surface area (Å²) in [4.78, 5) is 9.44. The Bertz CT molecular complexity index is 796. The number of hydrogen-bond donors (Lipinski definition) is 1. The van der Waals surface area contributed by atoms with E-state index >= 15 is 0 Å². The summed E-state index contributed by atoms with van der Waals surface area (Å²) in [7, 11) is 1.54. The second kappa shape index (κ2) is 7.90. The van der Waals surface area contributed by atoms with E-state index in [-0.39, 0.29) is 5.92 Å². The standard InChI is InChI=1S/C18H19ClF3N3O2/c1-27-15-2-5-23-10-13(15)16(26)11-3-6-25(7-4-11)12-8-14(19)17(24-9-12)18(20,21)22/h2,5,8-11,16,26H,3-4,6-7H2,1H3. The summed E-state index contributed by atoms with van der Waals surface area (Å²) in [6.07, 6.45) is 0.417. The summed E-state index contributed by atoms with van der Waals surface area (Å²) in [5.74, 6) is 0.580. The highest BCUT2D eigenvalue weighted by molar-refractivity contribution is 6.31. The number of nitrogens with zero attached hydrogens (tertiary/aromatic N) is 3. The van der Waals surface area contributed by atoms with Crippen LogP contribution in [0.3, 0.4) is 0 Å². The largest absolute Gasteiger partial charge is 0.496 e. The molecule has 1 saturated heterocycles. The predicted molar refractivity (Wildman–Crippen MR) is 94.9 cm³/mol. The first-order valence-electron chi connectivity index (χ1n) is 8.45. The number of aliphatic hydroxyl groups is 1. The van der Waals surface area contributed by atoms with Crippen molar-refractivity contribution in [3.63, 3.8) is 0 Å². The van der Waals surface area contributed by atoms with Crippen LogP contribution in [0.1, 0.15) is 30.2 Å². The van der Waals surface area contributed by atoms with Gasteiger partial charge in [-0.05, 0) is 30.9 Å². The maximum Gasteiger partial charge on any atom is 0.434 e. The van der Waals surface area contributed by atoms with Crippen LogP contribution in [-0.2, 0) is 6.18 Å². The Labute approximate surface area is 159 Å². The van der Waals surface area contributed by atoms with Crippen LogP contribution >= 0.6 is 11.6 Å². The van der Waals surface area contributed by atoms with Gasteiger partial charge in [-0.3, -0.25) is 4.98 Å². The Morgan fingerprint density at radius 1 is 1.30 bits per heavy atom. The van der Waals surface area contributed by atoms with Crippen LogP contribution in [0.2, 0.25) is 5.02 Å². The quantitative estimate of drug-likeness (QED) is 0.835. The lowest BCUT2D eigenvalue weighted by molar-refractivity contribution is -0.141. The number of hydrogen-bond acceptors (Lipinski definition) is 5. The lowest BCUT2D eigenvalue weighted by atomic mass is 9.87. The van der Waals surface area contributed by atoms with Gasteiger partial charge in [0.2, 0.25) is 0 Å². The monoisotopic (exact) mass is 401 g/mol. The van der Waals surface area contributed by atoms with E-state index in [2.05, 4.69) is 9.97 Å². The van der Waals surface area contributed by atoms with Crippen molar-refractivity contribution in [3.8, 4) is 5.75 Å². The predicted octanol–water partition coefficient (Wildman–Crippen LogP) is 4.11. The van der Waals surface area contributed by atoms with E-state index in [1.165, 1.54) is 19.4 Å². The van der Waals surface area contributed by atoms with Gasteiger partial charge in [-0.25, -0.2) is 4.98 Å². The average Bonchev–Trinajstić information content (AvgIpc) is 2.66. The minimum atomic E-state index is -4.57.